The molecule has 0 spiro atoms. The predicted octanol–water partition coefficient (Wildman–Crippen LogP) is 17.3. The molecule has 0 fully saturated rings. The first-order valence-corrected chi connectivity index (χ1v) is 22.7. The van der Waals surface area contributed by atoms with E-state index in [0.29, 0.717) is 51.6 Å². The topological polar surface area (TPSA) is 50.9 Å². The molecule has 0 amide bonds. The first-order valence-electron chi connectivity index (χ1n) is 31.7. The van der Waals surface area contributed by atoms with Gasteiger partial charge >= 0.3 is 0 Å². The Kier molecular flexibility index (Phi) is 7.53. The number of hydrogen-bond donors (Lipinski definition) is 1. The van der Waals surface area contributed by atoms with E-state index in [1.165, 1.54) is 5.56 Å². The molecule has 0 aliphatic heterocycles. The van der Waals surface area contributed by atoms with Crippen LogP contribution in [0.25, 0.3) is 72.7 Å². The Morgan fingerprint density at radius 3 is 1.81 bits per heavy atom. The van der Waals surface area contributed by atoms with Crippen molar-refractivity contribution in [2.24, 2.45) is 0 Å². The molecule has 0 saturated carbocycles. The molecule has 0 unspecified atom stereocenters. The van der Waals surface area contributed by atoms with Crippen molar-refractivity contribution in [2.45, 2.75) is 137 Å². The monoisotopic (exact) mass is 904 g/mol. The zero-order valence-electron chi connectivity index (χ0n) is 57.8. The average molecular weight is 904 g/mol. The Bertz CT molecular complexity index is 3720. The summed E-state index contributed by atoms with van der Waals surface area (Å²) in [6, 6.07) is 39.5. The molecule has 0 atom stereocenters. The number of para-hydroxylation sites is 1. The fourth-order valence-corrected chi connectivity index (χ4v) is 8.56. The van der Waals surface area contributed by atoms with Crippen LogP contribution in [0.3, 0.4) is 0 Å². The van der Waals surface area contributed by atoms with E-state index in [1.807, 2.05) is 73.7 Å². The van der Waals surface area contributed by atoms with E-state index in [9.17, 15) is 5.11 Å². The van der Waals surface area contributed by atoms with Crippen LogP contribution < -0.4 is 0 Å². The van der Waals surface area contributed by atoms with Crippen molar-refractivity contribution in [3.8, 4) is 67.5 Å². The maximum absolute atomic E-state index is 13.1. The van der Waals surface area contributed by atoms with Gasteiger partial charge in [0.15, 0.2) is 0 Å². The largest absolute Gasteiger partial charge is 0.507 e. The van der Waals surface area contributed by atoms with Gasteiger partial charge in [0.25, 0.3) is 0 Å². The first-order chi connectivity index (χ1) is 38.8. The van der Waals surface area contributed by atoms with Crippen molar-refractivity contribution in [1.29, 1.82) is 0 Å². The molecule has 1 N–H and O–H groups in total. The summed E-state index contributed by atoms with van der Waals surface area (Å²) < 4.78 is 160. The molecule has 6 aromatic carbocycles. The highest BCUT2D eigenvalue weighted by molar-refractivity contribution is 5.98. The summed E-state index contributed by atoms with van der Waals surface area (Å²) in [6.45, 7) is -5.72. The minimum Gasteiger partial charge on any atom is -0.507 e. The van der Waals surface area contributed by atoms with E-state index < -0.39 is 91.0 Å². The number of rotatable bonds is 8. The number of benzene rings is 6. The predicted molar refractivity (Wildman–Crippen MR) is 286 cm³/mol. The Morgan fingerprint density at radius 2 is 1.15 bits per heavy atom. The van der Waals surface area contributed by atoms with Crippen LogP contribution in [0.5, 0.6) is 5.75 Å². The van der Waals surface area contributed by atoms with Gasteiger partial charge in [0, 0.05) is 53.1 Å². The highest BCUT2D eigenvalue weighted by Crippen LogP contribution is 2.46. The number of phenolic OH excluding ortho intramolecular Hbond substituents is 1. The normalized spacial score (nSPS) is 17.9. The standard InChI is InChI=1S/C63H71N3O/c1-16-63(14,15)46-29-30-54(50(37-46)41-21-18-17-19-22-41)66-55-24-20-23-49(56(55)65-58(66)51-38-48(61(8,9)10)39-52(57(51)67)62(11,12)13)43-33-44(35-47(34-43)60(5,6)7)53-36-42(31-32-64-53)40-25-27-45(28-26-40)59(2,3)4/h17-39,67H,16H2,1-15H3/i8D3,9D3,10D3,11D3,12D3,13D3. The lowest BCUT2D eigenvalue weighted by Gasteiger charge is -2.28. The molecule has 2 heterocycles. The summed E-state index contributed by atoms with van der Waals surface area (Å²) >= 11 is 0. The van der Waals surface area contributed by atoms with Crippen molar-refractivity contribution < 1.29 is 29.8 Å². The second-order valence-electron chi connectivity index (χ2n) is 20.5. The van der Waals surface area contributed by atoms with Crippen LogP contribution in [0.1, 0.15) is 162 Å². The lowest BCUT2D eigenvalue weighted by molar-refractivity contribution is 0.446. The molecule has 67 heavy (non-hydrogen) atoms. The number of hydrogen-bond acceptors (Lipinski definition) is 3. The molecule has 0 aliphatic rings. The number of fused-ring (bicyclic) bond motifs is 1. The number of pyridine rings is 1. The van der Waals surface area contributed by atoms with Gasteiger partial charge in [0.05, 0.1) is 28.0 Å². The number of imidazole rings is 1. The summed E-state index contributed by atoms with van der Waals surface area (Å²) in [5.41, 5.74) is -3.12. The summed E-state index contributed by atoms with van der Waals surface area (Å²) in [5, 5.41) is 13.1. The number of nitrogens with zero attached hydrogens (tertiary/aromatic N) is 3. The Balaban J connectivity index is 1.60. The molecular formula is C63H71N3O. The molecule has 0 aliphatic carbocycles. The average Bonchev–Trinajstić information content (AvgIpc) is 1.11. The van der Waals surface area contributed by atoms with Gasteiger partial charge in [-0.05, 0) is 127 Å². The van der Waals surface area contributed by atoms with Crippen LogP contribution in [0, 0.1) is 0 Å². The lowest BCUT2D eigenvalue weighted by atomic mass is 9.78. The van der Waals surface area contributed by atoms with Gasteiger partial charge in [0.2, 0.25) is 0 Å². The van der Waals surface area contributed by atoms with Crippen molar-refractivity contribution in [3.63, 3.8) is 0 Å². The van der Waals surface area contributed by atoms with Gasteiger partial charge in [-0.15, -0.1) is 0 Å². The molecule has 4 heteroatoms. The van der Waals surface area contributed by atoms with Crippen LogP contribution >= 0.6 is 0 Å². The van der Waals surface area contributed by atoms with Crippen LogP contribution in [0.15, 0.2) is 140 Å². The van der Waals surface area contributed by atoms with E-state index in [0.717, 1.165) is 33.9 Å². The quantitative estimate of drug-likeness (QED) is 0.165. The summed E-state index contributed by atoms with van der Waals surface area (Å²) in [7, 11) is 0. The summed E-state index contributed by atoms with van der Waals surface area (Å²) in [4.78, 5) is 10.1. The number of phenols is 1. The molecule has 2 aromatic heterocycles. The Labute approximate surface area is 426 Å². The first kappa shape index (κ1) is 29.5. The molecular weight excluding hydrogens is 815 g/mol. The fraction of sp³-hybridized carbons (Fsp3) is 0.333. The second-order valence-corrected chi connectivity index (χ2v) is 20.5. The van der Waals surface area contributed by atoms with Crippen molar-refractivity contribution in [2.75, 3.05) is 0 Å². The second kappa shape index (κ2) is 17.1. The highest BCUT2D eigenvalue weighted by Gasteiger charge is 2.30. The maximum Gasteiger partial charge on any atom is 0.149 e. The molecule has 8 rings (SSSR count). The SMILES string of the molecule is [2H]C([2H])([2H])C(c1cc(-c2nc3c(-c4cc(-c5cc(-c6ccc(C(C)(C)C)cc6)ccn5)cc(C(C)(C)C)c4)cccc3n2-c2ccc(C(C)(C)CC)cc2-c2ccccc2)c(O)c(C(C([2H])([2H])[2H])(C([2H])([2H])[2H])C([2H])([2H])[2H])c1)(C([2H])([2H])[2H])C([2H])([2H])[2H]. The molecule has 0 bridgehead atoms. The van der Waals surface area contributed by atoms with Gasteiger partial charge in [-0.25, -0.2) is 4.98 Å². The van der Waals surface area contributed by atoms with Gasteiger partial charge in [-0.1, -0.05) is 188 Å². The van der Waals surface area contributed by atoms with Gasteiger partial charge in [0.1, 0.15) is 11.6 Å². The molecule has 8 aromatic rings. The zero-order chi connectivity index (χ0) is 63.4. The smallest absolute Gasteiger partial charge is 0.149 e. The molecule has 0 saturated heterocycles. The lowest BCUT2D eigenvalue weighted by Crippen LogP contribution is -2.17. The van der Waals surface area contributed by atoms with Crippen LogP contribution in [0.2, 0.25) is 0 Å². The minimum absolute atomic E-state index is 0.0604. The summed E-state index contributed by atoms with van der Waals surface area (Å²) in [5.74, 6) is -1.74. The van der Waals surface area contributed by atoms with E-state index >= 15 is 0 Å². The van der Waals surface area contributed by atoms with Crippen molar-refractivity contribution >= 4 is 11.0 Å². The zero-order valence-corrected chi connectivity index (χ0v) is 39.8. The number of aromatic hydroxyl groups is 1. The molecule has 344 valence electrons. The van der Waals surface area contributed by atoms with E-state index in [1.54, 1.807) is 35.0 Å². The molecule has 4 nitrogen and oxygen atoms in total. The van der Waals surface area contributed by atoms with Gasteiger partial charge < -0.3 is 5.11 Å². The number of aromatic nitrogens is 3. The van der Waals surface area contributed by atoms with Crippen LogP contribution in [-0.2, 0) is 27.1 Å². The van der Waals surface area contributed by atoms with E-state index in [4.69, 9.17) is 34.6 Å². The van der Waals surface area contributed by atoms with E-state index in [-0.39, 0.29) is 10.9 Å². The third kappa shape index (κ3) is 9.38. The highest BCUT2D eigenvalue weighted by atomic mass is 16.3. The third-order valence-corrected chi connectivity index (χ3v) is 13.1. The van der Waals surface area contributed by atoms with Gasteiger partial charge in [-0.2, -0.15) is 0 Å². The Morgan fingerprint density at radius 1 is 0.507 bits per heavy atom. The molecule has 0 radical (unpaired) electrons. The van der Waals surface area contributed by atoms with Crippen LogP contribution in [0.4, 0.5) is 0 Å². The Hall–Kier alpha value is -6.26. The maximum atomic E-state index is 13.1. The van der Waals surface area contributed by atoms with Crippen LogP contribution in [-0.4, -0.2) is 19.6 Å². The van der Waals surface area contributed by atoms with Crippen molar-refractivity contribution in [1.82, 2.24) is 14.5 Å². The van der Waals surface area contributed by atoms with Gasteiger partial charge in [-0.3, -0.25) is 9.55 Å². The minimum atomic E-state index is -4.14. The van der Waals surface area contributed by atoms with Crippen molar-refractivity contribution in [3.05, 3.63) is 167 Å². The fourth-order valence-electron chi connectivity index (χ4n) is 8.56. The van der Waals surface area contributed by atoms with E-state index in [2.05, 4.69) is 85.7 Å². The third-order valence-electron chi connectivity index (χ3n) is 13.1. The summed E-state index contributed by atoms with van der Waals surface area (Å²) in [6.07, 6.45) is 2.45.